The molecule has 1 aromatic rings. The van der Waals surface area contributed by atoms with Crippen molar-refractivity contribution < 1.29 is 9.72 Å². The number of hydrogen-bond donors (Lipinski definition) is 1. The van der Waals surface area contributed by atoms with Crippen LogP contribution in [0.4, 0.5) is 11.4 Å². The van der Waals surface area contributed by atoms with E-state index >= 15 is 0 Å². The molecule has 0 bridgehead atoms. The summed E-state index contributed by atoms with van der Waals surface area (Å²) in [4.78, 5) is 23.6. The number of carbonyl (C=O) groups excluding carboxylic acids is 1. The van der Waals surface area contributed by atoms with Gasteiger partial charge in [0.2, 0.25) is 5.91 Å². The molecule has 1 fully saturated rings. The fraction of sp³-hybridized carbons (Fsp3) is 0.462. The molecule has 2 rings (SSSR count). The van der Waals surface area contributed by atoms with Gasteiger partial charge in [0.1, 0.15) is 0 Å². The second-order valence-electron chi connectivity index (χ2n) is 4.88. The number of nitrogens with one attached hydrogen (secondary N) is 1. The number of nitrogens with zero attached hydrogens (tertiary/aromatic N) is 2. The van der Waals surface area contributed by atoms with E-state index < -0.39 is 4.92 Å². The maximum absolute atomic E-state index is 11.1. The number of halogens is 1. The highest BCUT2D eigenvalue weighted by Gasteiger charge is 2.22. The maximum Gasteiger partial charge on any atom is 0.270 e. The van der Waals surface area contributed by atoms with Crippen LogP contribution in [-0.2, 0) is 4.79 Å². The first kappa shape index (κ1) is 14.8. The van der Waals surface area contributed by atoms with Crippen molar-refractivity contribution >= 4 is 33.2 Å². The first-order valence-electron chi connectivity index (χ1n) is 6.43. The molecule has 108 valence electrons. The summed E-state index contributed by atoms with van der Waals surface area (Å²) < 4.78 is 0.704. The summed E-state index contributed by atoms with van der Waals surface area (Å²) in [5.41, 5.74) is 0.988. The zero-order chi connectivity index (χ0) is 14.7. The van der Waals surface area contributed by atoms with Crippen LogP contribution >= 0.6 is 15.9 Å². The summed E-state index contributed by atoms with van der Waals surface area (Å²) >= 11 is 3.39. The van der Waals surface area contributed by atoms with Crippen LogP contribution < -0.4 is 10.2 Å². The number of carbonyl (C=O) groups is 1. The Balaban J connectivity index is 2.14. The number of benzene rings is 1. The topological polar surface area (TPSA) is 75.5 Å². The van der Waals surface area contributed by atoms with Crippen molar-refractivity contribution in [2.45, 2.75) is 25.8 Å². The third-order valence-corrected chi connectivity index (χ3v) is 3.95. The molecule has 0 radical (unpaired) electrons. The molecule has 1 saturated heterocycles. The molecule has 1 aliphatic heterocycles. The number of amides is 1. The van der Waals surface area contributed by atoms with E-state index in [1.165, 1.54) is 19.1 Å². The molecule has 0 aromatic heterocycles. The highest BCUT2D eigenvalue weighted by atomic mass is 79.9. The van der Waals surface area contributed by atoms with Gasteiger partial charge in [0.15, 0.2) is 0 Å². The Morgan fingerprint density at radius 3 is 2.90 bits per heavy atom. The Morgan fingerprint density at radius 1 is 1.55 bits per heavy atom. The van der Waals surface area contributed by atoms with Gasteiger partial charge >= 0.3 is 0 Å². The van der Waals surface area contributed by atoms with Gasteiger partial charge in [-0.2, -0.15) is 0 Å². The number of nitro groups is 1. The molecule has 1 amide bonds. The predicted molar refractivity (Wildman–Crippen MR) is 79.8 cm³/mol. The van der Waals surface area contributed by atoms with Crippen molar-refractivity contribution in [1.29, 1.82) is 0 Å². The molecule has 0 spiro atoms. The average Bonchev–Trinajstić information content (AvgIpc) is 2.38. The van der Waals surface area contributed by atoms with Gasteiger partial charge in [0, 0.05) is 42.7 Å². The van der Waals surface area contributed by atoms with Gasteiger partial charge < -0.3 is 10.2 Å². The Hall–Kier alpha value is -1.63. The Morgan fingerprint density at radius 2 is 2.30 bits per heavy atom. The van der Waals surface area contributed by atoms with Gasteiger partial charge in [-0.05, 0) is 34.8 Å². The van der Waals surface area contributed by atoms with Crippen LogP contribution in [0.1, 0.15) is 19.8 Å². The largest absolute Gasteiger partial charge is 0.369 e. The first-order chi connectivity index (χ1) is 9.47. The van der Waals surface area contributed by atoms with Crippen LogP contribution in [0, 0.1) is 10.1 Å². The van der Waals surface area contributed by atoms with Gasteiger partial charge in [0.25, 0.3) is 5.69 Å². The van der Waals surface area contributed by atoms with Crippen LogP contribution in [0.5, 0.6) is 0 Å². The molecular weight excluding hydrogens is 326 g/mol. The average molecular weight is 342 g/mol. The smallest absolute Gasteiger partial charge is 0.270 e. The quantitative estimate of drug-likeness (QED) is 0.676. The molecule has 1 heterocycles. The molecule has 6 nitrogen and oxygen atoms in total. The number of rotatable bonds is 3. The zero-order valence-electron chi connectivity index (χ0n) is 11.1. The Kier molecular flexibility index (Phi) is 4.59. The number of nitro benzene ring substituents is 1. The van der Waals surface area contributed by atoms with Crippen LogP contribution in [-0.4, -0.2) is 30.0 Å². The van der Waals surface area contributed by atoms with Crippen molar-refractivity contribution in [3.05, 3.63) is 32.8 Å². The van der Waals surface area contributed by atoms with Crippen molar-refractivity contribution in [2.75, 3.05) is 18.0 Å². The van der Waals surface area contributed by atoms with Gasteiger partial charge in [-0.15, -0.1) is 0 Å². The summed E-state index contributed by atoms with van der Waals surface area (Å²) in [5, 5.41) is 13.7. The van der Waals surface area contributed by atoms with E-state index in [2.05, 4.69) is 26.1 Å². The highest BCUT2D eigenvalue weighted by molar-refractivity contribution is 9.10. The molecule has 0 aliphatic carbocycles. The minimum absolute atomic E-state index is 0.0281. The second-order valence-corrected chi connectivity index (χ2v) is 5.73. The van der Waals surface area contributed by atoms with Crippen molar-refractivity contribution in [2.24, 2.45) is 0 Å². The lowest BCUT2D eigenvalue weighted by molar-refractivity contribution is -0.384. The monoisotopic (exact) mass is 341 g/mol. The van der Waals surface area contributed by atoms with E-state index in [4.69, 9.17) is 0 Å². The van der Waals surface area contributed by atoms with E-state index in [1.807, 2.05) is 0 Å². The minimum Gasteiger partial charge on any atom is -0.369 e. The molecule has 0 saturated carbocycles. The third kappa shape index (κ3) is 3.47. The van der Waals surface area contributed by atoms with Crippen LogP contribution in [0.25, 0.3) is 0 Å². The number of piperidine rings is 1. The van der Waals surface area contributed by atoms with Crippen molar-refractivity contribution in [3.63, 3.8) is 0 Å². The van der Waals surface area contributed by atoms with Crippen LogP contribution in [0.15, 0.2) is 22.7 Å². The predicted octanol–water partition coefficient (Wildman–Crippen LogP) is 2.46. The molecule has 7 heteroatoms. The highest BCUT2D eigenvalue weighted by Crippen LogP contribution is 2.31. The summed E-state index contributed by atoms with van der Waals surface area (Å²) in [5.74, 6) is -0.0281. The van der Waals surface area contributed by atoms with Crippen LogP contribution in [0.2, 0.25) is 0 Å². The maximum atomic E-state index is 11.1. The van der Waals surface area contributed by atoms with Gasteiger partial charge in [0.05, 0.1) is 10.6 Å². The van der Waals surface area contributed by atoms with E-state index in [0.717, 1.165) is 31.6 Å². The second kappa shape index (κ2) is 6.21. The molecular formula is C13H16BrN3O3. The third-order valence-electron chi connectivity index (χ3n) is 3.31. The van der Waals surface area contributed by atoms with Crippen molar-refractivity contribution in [3.8, 4) is 0 Å². The summed E-state index contributed by atoms with van der Waals surface area (Å²) in [6, 6.07) is 4.89. The van der Waals surface area contributed by atoms with E-state index in [0.29, 0.717) is 4.47 Å². The number of non-ortho nitro benzene ring substituents is 1. The lowest BCUT2D eigenvalue weighted by Crippen LogP contribution is -2.47. The molecule has 1 atom stereocenters. The van der Waals surface area contributed by atoms with E-state index in [1.54, 1.807) is 6.07 Å². The van der Waals surface area contributed by atoms with Gasteiger partial charge in [-0.3, -0.25) is 14.9 Å². The minimum atomic E-state index is -0.412. The summed E-state index contributed by atoms with van der Waals surface area (Å²) in [7, 11) is 0. The molecule has 1 N–H and O–H groups in total. The lowest BCUT2D eigenvalue weighted by Gasteiger charge is -2.35. The van der Waals surface area contributed by atoms with Crippen molar-refractivity contribution in [1.82, 2.24) is 5.32 Å². The molecule has 1 aromatic carbocycles. The van der Waals surface area contributed by atoms with Gasteiger partial charge in [-0.25, -0.2) is 0 Å². The molecule has 0 unspecified atom stereocenters. The standard InChI is InChI=1S/C13H16BrN3O3/c1-9(18)15-10-3-2-6-16(8-10)13-5-4-11(17(19)20)7-12(13)14/h4-5,7,10H,2-3,6,8H2,1H3,(H,15,18)/t10-/m1/s1. The molecule has 20 heavy (non-hydrogen) atoms. The first-order valence-corrected chi connectivity index (χ1v) is 7.22. The lowest BCUT2D eigenvalue weighted by atomic mass is 10.0. The normalized spacial score (nSPS) is 18.7. The number of anilines is 1. The van der Waals surface area contributed by atoms with Crippen LogP contribution in [0.3, 0.4) is 0 Å². The number of hydrogen-bond acceptors (Lipinski definition) is 4. The molecule has 1 aliphatic rings. The SMILES string of the molecule is CC(=O)N[C@@H]1CCCN(c2ccc([N+](=O)[O-])cc2Br)C1. The fourth-order valence-corrected chi connectivity index (χ4v) is 3.08. The Bertz CT molecular complexity index is 536. The fourth-order valence-electron chi connectivity index (χ4n) is 2.47. The van der Waals surface area contributed by atoms with E-state index in [9.17, 15) is 14.9 Å². The van der Waals surface area contributed by atoms with Gasteiger partial charge in [-0.1, -0.05) is 0 Å². The zero-order valence-corrected chi connectivity index (χ0v) is 12.7. The van der Waals surface area contributed by atoms with E-state index in [-0.39, 0.29) is 17.6 Å². The Labute approximate surface area is 125 Å². The summed E-state index contributed by atoms with van der Waals surface area (Å²) in [6.07, 6.45) is 1.94. The summed E-state index contributed by atoms with van der Waals surface area (Å²) in [6.45, 7) is 3.11.